The van der Waals surface area contributed by atoms with Crippen LogP contribution in [-0.2, 0) is 4.79 Å². The summed E-state index contributed by atoms with van der Waals surface area (Å²) in [4.78, 5) is 17.4. The molecular formula is C17H27FN4O2. The van der Waals surface area contributed by atoms with Crippen molar-refractivity contribution < 1.29 is 13.9 Å². The quantitative estimate of drug-likeness (QED) is 0.558. The maximum absolute atomic E-state index is 13.6. The fourth-order valence-electron chi connectivity index (χ4n) is 1.74. The summed E-state index contributed by atoms with van der Waals surface area (Å²) in [6.07, 6.45) is 0.670. The van der Waals surface area contributed by atoms with Crippen LogP contribution in [0.25, 0.3) is 0 Å². The summed E-state index contributed by atoms with van der Waals surface area (Å²) >= 11 is 0. The minimum Gasteiger partial charge on any atom is -0.486 e. The van der Waals surface area contributed by atoms with E-state index in [1.54, 1.807) is 32.3 Å². The lowest BCUT2D eigenvalue weighted by Crippen LogP contribution is -2.42. The Morgan fingerprint density at radius 1 is 1.33 bits per heavy atom. The molecule has 0 radical (unpaired) electrons. The molecule has 0 saturated heterocycles. The van der Waals surface area contributed by atoms with E-state index in [1.807, 2.05) is 13.8 Å². The Morgan fingerprint density at radius 3 is 2.67 bits per heavy atom. The van der Waals surface area contributed by atoms with Crippen molar-refractivity contribution in [1.82, 2.24) is 15.5 Å². The summed E-state index contributed by atoms with van der Waals surface area (Å²) in [6, 6.07) is 6.29. The van der Waals surface area contributed by atoms with E-state index in [9.17, 15) is 9.18 Å². The second-order valence-corrected chi connectivity index (χ2v) is 5.62. The lowest BCUT2D eigenvalue weighted by molar-refractivity contribution is -0.127. The number of rotatable bonds is 8. The summed E-state index contributed by atoms with van der Waals surface area (Å²) in [5, 5.41) is 6.24. The molecule has 1 aromatic rings. The molecule has 0 aliphatic carbocycles. The normalized spacial score (nSPS) is 12.5. The van der Waals surface area contributed by atoms with Gasteiger partial charge in [0.25, 0.3) is 0 Å². The number of nitrogens with zero attached hydrogens (tertiary/aromatic N) is 2. The number of hydrogen-bond acceptors (Lipinski definition) is 3. The minimum atomic E-state index is -0.390. The summed E-state index contributed by atoms with van der Waals surface area (Å²) in [7, 11) is 3.38. The third kappa shape index (κ3) is 7.30. The summed E-state index contributed by atoms with van der Waals surface area (Å²) in [5.74, 6) is 0.285. The largest absolute Gasteiger partial charge is 0.486 e. The number of carbonyl (C=O) groups is 1. The van der Waals surface area contributed by atoms with Crippen LogP contribution >= 0.6 is 0 Å². The van der Waals surface area contributed by atoms with E-state index < -0.39 is 0 Å². The lowest BCUT2D eigenvalue weighted by atomic mass is 10.3. The number of hydrogen-bond donors (Lipinski definition) is 2. The molecular weight excluding hydrogens is 311 g/mol. The van der Waals surface area contributed by atoms with Crippen molar-refractivity contribution in [2.24, 2.45) is 4.99 Å². The highest BCUT2D eigenvalue weighted by Gasteiger charge is 2.09. The Balaban J connectivity index is 2.55. The van der Waals surface area contributed by atoms with Gasteiger partial charge in [-0.15, -0.1) is 0 Å². The van der Waals surface area contributed by atoms with Crippen LogP contribution < -0.4 is 15.4 Å². The zero-order chi connectivity index (χ0) is 17.9. The van der Waals surface area contributed by atoms with E-state index in [4.69, 9.17) is 4.74 Å². The first-order valence-corrected chi connectivity index (χ1v) is 8.07. The van der Waals surface area contributed by atoms with Crippen molar-refractivity contribution in [1.29, 1.82) is 0 Å². The molecule has 1 unspecified atom stereocenters. The number of ether oxygens (including phenoxy) is 1. The predicted octanol–water partition coefficient (Wildman–Crippen LogP) is 1.63. The standard InChI is InChI=1S/C17H27FN4O2/c1-5-10-19-17(21-12-16(23)22(3)4)20-11-13(2)24-15-9-7-6-8-14(15)18/h6-9,13H,5,10-12H2,1-4H3,(H2,19,20,21). The van der Waals surface area contributed by atoms with Gasteiger partial charge in [0, 0.05) is 20.6 Å². The number of guanidine groups is 1. The van der Waals surface area contributed by atoms with E-state index >= 15 is 0 Å². The molecule has 6 nitrogen and oxygen atoms in total. The molecule has 0 heterocycles. The first-order chi connectivity index (χ1) is 11.4. The summed E-state index contributed by atoms with van der Waals surface area (Å²) in [5.41, 5.74) is 0. The fourth-order valence-corrected chi connectivity index (χ4v) is 1.74. The molecule has 1 rings (SSSR count). The summed E-state index contributed by atoms with van der Waals surface area (Å²) in [6.45, 7) is 5.11. The molecule has 0 spiro atoms. The highest BCUT2D eigenvalue weighted by atomic mass is 19.1. The third-order valence-electron chi connectivity index (χ3n) is 3.14. The second kappa shape index (κ2) is 10.5. The minimum absolute atomic E-state index is 0.0641. The second-order valence-electron chi connectivity index (χ2n) is 5.62. The topological polar surface area (TPSA) is 66.0 Å². The Morgan fingerprint density at radius 2 is 2.04 bits per heavy atom. The van der Waals surface area contributed by atoms with E-state index in [-0.39, 0.29) is 30.1 Å². The molecule has 0 aliphatic rings. The maximum Gasteiger partial charge on any atom is 0.243 e. The van der Waals surface area contributed by atoms with E-state index in [1.165, 1.54) is 11.0 Å². The zero-order valence-electron chi connectivity index (χ0n) is 14.8. The summed E-state index contributed by atoms with van der Waals surface area (Å²) < 4.78 is 19.1. The van der Waals surface area contributed by atoms with E-state index in [0.29, 0.717) is 12.5 Å². The van der Waals surface area contributed by atoms with Gasteiger partial charge in [0.15, 0.2) is 17.5 Å². The molecule has 0 saturated carbocycles. The molecule has 0 fully saturated rings. The van der Waals surface area contributed by atoms with Crippen LogP contribution in [0.15, 0.2) is 29.3 Å². The molecule has 0 bridgehead atoms. The van der Waals surface area contributed by atoms with E-state index in [0.717, 1.165) is 13.0 Å². The van der Waals surface area contributed by atoms with Crippen LogP contribution in [0.3, 0.4) is 0 Å². The van der Waals surface area contributed by atoms with Crippen LogP contribution in [0.1, 0.15) is 20.3 Å². The Labute approximate surface area is 143 Å². The number of halogens is 1. The smallest absolute Gasteiger partial charge is 0.243 e. The van der Waals surface area contributed by atoms with Crippen molar-refractivity contribution >= 4 is 11.9 Å². The third-order valence-corrected chi connectivity index (χ3v) is 3.14. The Bertz CT molecular complexity index is 549. The van der Waals surface area contributed by atoms with Gasteiger partial charge in [-0.2, -0.15) is 0 Å². The number of para-hydroxylation sites is 1. The van der Waals surface area contributed by atoms with Crippen LogP contribution in [-0.4, -0.2) is 56.6 Å². The van der Waals surface area contributed by atoms with Gasteiger partial charge >= 0.3 is 0 Å². The Kier molecular flexibility index (Phi) is 8.60. The van der Waals surface area contributed by atoms with Crippen LogP contribution in [0.2, 0.25) is 0 Å². The number of nitrogens with one attached hydrogen (secondary N) is 2. The van der Waals surface area contributed by atoms with Gasteiger partial charge < -0.3 is 20.3 Å². The number of likely N-dealkylation sites (N-methyl/N-ethyl adjacent to an activating group) is 1. The van der Waals surface area contributed by atoms with Crippen molar-refractivity contribution in [3.63, 3.8) is 0 Å². The molecule has 1 amide bonds. The molecule has 24 heavy (non-hydrogen) atoms. The highest BCUT2D eigenvalue weighted by molar-refractivity contribution is 5.84. The van der Waals surface area contributed by atoms with Crippen LogP contribution in [0, 0.1) is 5.82 Å². The molecule has 7 heteroatoms. The molecule has 1 atom stereocenters. The fraction of sp³-hybridized carbons (Fsp3) is 0.529. The van der Waals surface area contributed by atoms with Crippen molar-refractivity contribution in [3.05, 3.63) is 30.1 Å². The maximum atomic E-state index is 13.6. The average Bonchev–Trinajstić information content (AvgIpc) is 2.55. The van der Waals surface area contributed by atoms with E-state index in [2.05, 4.69) is 15.6 Å². The van der Waals surface area contributed by atoms with Gasteiger partial charge in [-0.05, 0) is 25.5 Å². The van der Waals surface area contributed by atoms with Crippen molar-refractivity contribution in [2.75, 3.05) is 33.7 Å². The number of carbonyl (C=O) groups excluding carboxylic acids is 1. The number of benzene rings is 1. The highest BCUT2D eigenvalue weighted by Crippen LogP contribution is 2.16. The lowest BCUT2D eigenvalue weighted by Gasteiger charge is -2.18. The van der Waals surface area contributed by atoms with Gasteiger partial charge in [0.2, 0.25) is 5.91 Å². The van der Waals surface area contributed by atoms with Crippen molar-refractivity contribution in [3.8, 4) is 5.75 Å². The van der Waals surface area contributed by atoms with Gasteiger partial charge in [-0.25, -0.2) is 9.38 Å². The SMILES string of the molecule is CCCNC(=NCC(=O)N(C)C)NCC(C)Oc1ccccc1F. The Hall–Kier alpha value is -2.31. The van der Waals surface area contributed by atoms with Gasteiger partial charge in [-0.1, -0.05) is 19.1 Å². The first kappa shape index (κ1) is 19.7. The molecule has 2 N–H and O–H groups in total. The monoisotopic (exact) mass is 338 g/mol. The molecule has 0 aromatic heterocycles. The number of amides is 1. The predicted molar refractivity (Wildman–Crippen MR) is 93.8 cm³/mol. The van der Waals surface area contributed by atoms with Crippen LogP contribution in [0.4, 0.5) is 4.39 Å². The number of aliphatic imine (C=N–C) groups is 1. The molecule has 0 aliphatic heterocycles. The zero-order valence-corrected chi connectivity index (χ0v) is 14.8. The molecule has 134 valence electrons. The van der Waals surface area contributed by atoms with Gasteiger partial charge in [0.1, 0.15) is 12.6 Å². The first-order valence-electron chi connectivity index (χ1n) is 8.07. The molecule has 1 aromatic carbocycles. The average molecular weight is 338 g/mol. The van der Waals surface area contributed by atoms with Crippen molar-refractivity contribution in [2.45, 2.75) is 26.4 Å². The van der Waals surface area contributed by atoms with Gasteiger partial charge in [-0.3, -0.25) is 4.79 Å². The van der Waals surface area contributed by atoms with Crippen LogP contribution in [0.5, 0.6) is 5.75 Å². The van der Waals surface area contributed by atoms with Gasteiger partial charge in [0.05, 0.1) is 6.54 Å².